The fourth-order valence-corrected chi connectivity index (χ4v) is 7.94. The molecule has 1 atom stereocenters. The van der Waals surface area contributed by atoms with Gasteiger partial charge in [0.15, 0.2) is 6.10 Å². The molecule has 0 aliphatic rings. The van der Waals surface area contributed by atoms with Crippen LogP contribution in [0.1, 0.15) is 258 Å². The summed E-state index contributed by atoms with van der Waals surface area (Å²) in [7, 11) is 0. The van der Waals surface area contributed by atoms with E-state index in [0.717, 1.165) is 148 Å². The molecule has 0 rings (SSSR count). The Kier molecular flexibility index (Phi) is 57.4. The highest BCUT2D eigenvalue weighted by Crippen LogP contribution is 2.15. The standard InChI is InChI=1S/C68H110O6/c1-4-7-10-13-16-18-20-22-24-26-28-30-32-33-34-35-37-38-40-42-44-46-48-50-52-55-58-61-67(70)73-64-65(63-72-66(69)60-57-54-15-12-9-6-3)74-68(71)62-59-56-53-51-49-47-45-43-41-39-36-31-29-27-25-23-21-19-17-14-11-8-5-2/h7-8,10-11,16-19,22-25,28-31,33-34,37-38,42,44,65H,4-6,9,12-15,20-21,26-27,32,35-36,39-41,43,45-64H2,1-3H3/b10-7-,11-8-,18-16-,19-17-,24-22-,25-23-,30-28-,31-29-,34-33-,38-37-,44-42-. The maximum absolute atomic E-state index is 12.8. The van der Waals surface area contributed by atoms with Crippen molar-refractivity contribution < 1.29 is 28.6 Å². The molecule has 0 aromatic carbocycles. The van der Waals surface area contributed by atoms with E-state index in [1.54, 1.807) is 0 Å². The van der Waals surface area contributed by atoms with Crippen LogP contribution in [0.4, 0.5) is 0 Å². The lowest BCUT2D eigenvalue weighted by atomic mass is 10.0. The van der Waals surface area contributed by atoms with Crippen molar-refractivity contribution in [1.29, 1.82) is 0 Å². The predicted molar refractivity (Wildman–Crippen MR) is 320 cm³/mol. The van der Waals surface area contributed by atoms with Crippen LogP contribution < -0.4 is 0 Å². The molecule has 0 N–H and O–H groups in total. The van der Waals surface area contributed by atoms with Crippen LogP contribution in [-0.2, 0) is 28.6 Å². The lowest BCUT2D eigenvalue weighted by Gasteiger charge is -2.18. The average molecular weight is 1020 g/mol. The van der Waals surface area contributed by atoms with Gasteiger partial charge >= 0.3 is 17.9 Å². The zero-order valence-electron chi connectivity index (χ0n) is 47.8. The predicted octanol–water partition coefficient (Wildman–Crippen LogP) is 20.6. The van der Waals surface area contributed by atoms with Crippen LogP contribution in [0.3, 0.4) is 0 Å². The molecule has 6 heteroatoms. The maximum atomic E-state index is 12.8. The second-order valence-corrected chi connectivity index (χ2v) is 19.5. The van der Waals surface area contributed by atoms with E-state index in [-0.39, 0.29) is 31.1 Å². The van der Waals surface area contributed by atoms with E-state index in [2.05, 4.69) is 154 Å². The van der Waals surface area contributed by atoms with Gasteiger partial charge in [0.05, 0.1) is 0 Å². The first kappa shape index (κ1) is 69.5. The molecule has 0 amide bonds. The van der Waals surface area contributed by atoms with Crippen molar-refractivity contribution >= 4 is 17.9 Å². The fourth-order valence-electron chi connectivity index (χ4n) is 7.94. The minimum Gasteiger partial charge on any atom is -0.462 e. The summed E-state index contributed by atoms with van der Waals surface area (Å²) >= 11 is 0. The SMILES string of the molecule is CC/C=C\C/C=C\C/C=C\C/C=C\C/C=C\C/C=C\C/C=C\CCCCCCCC(=O)OCC(COC(=O)CCCCCCCC)OC(=O)CCCCCCCCCCCC/C=C\C/C=C\C/C=C\C/C=C\CC. The first-order valence-electron chi connectivity index (χ1n) is 30.2. The van der Waals surface area contributed by atoms with Crippen LogP contribution in [0, 0.1) is 0 Å². The van der Waals surface area contributed by atoms with Gasteiger partial charge in [0.25, 0.3) is 0 Å². The Morgan fingerprint density at radius 1 is 0.284 bits per heavy atom. The van der Waals surface area contributed by atoms with Gasteiger partial charge in [-0.15, -0.1) is 0 Å². The third-order valence-electron chi connectivity index (χ3n) is 12.4. The molecular formula is C68H110O6. The molecule has 0 aromatic heterocycles. The highest BCUT2D eigenvalue weighted by molar-refractivity contribution is 5.71. The van der Waals surface area contributed by atoms with Gasteiger partial charge in [-0.2, -0.15) is 0 Å². The summed E-state index contributed by atoms with van der Waals surface area (Å²) in [5.74, 6) is -0.925. The number of carbonyl (C=O) groups excluding carboxylic acids is 3. The largest absolute Gasteiger partial charge is 0.462 e. The summed E-state index contributed by atoms with van der Waals surface area (Å²) in [5.41, 5.74) is 0. The summed E-state index contributed by atoms with van der Waals surface area (Å²) in [6.45, 7) is 6.33. The third kappa shape index (κ3) is 58.4. The van der Waals surface area contributed by atoms with Gasteiger partial charge in [0.1, 0.15) is 13.2 Å². The number of allylic oxidation sites excluding steroid dienone is 22. The summed E-state index contributed by atoms with van der Waals surface area (Å²) in [5, 5.41) is 0. The molecule has 0 saturated heterocycles. The molecular weight excluding hydrogens is 913 g/mol. The first-order chi connectivity index (χ1) is 36.5. The number of ether oxygens (including phenoxy) is 3. The van der Waals surface area contributed by atoms with Gasteiger partial charge in [0, 0.05) is 19.3 Å². The van der Waals surface area contributed by atoms with Crippen molar-refractivity contribution in [2.45, 2.75) is 264 Å². The van der Waals surface area contributed by atoms with Crippen LogP contribution in [0.2, 0.25) is 0 Å². The molecule has 0 aromatic rings. The second-order valence-electron chi connectivity index (χ2n) is 19.5. The van der Waals surface area contributed by atoms with Crippen LogP contribution in [0.5, 0.6) is 0 Å². The molecule has 0 aliphatic heterocycles. The highest BCUT2D eigenvalue weighted by Gasteiger charge is 2.19. The molecule has 6 nitrogen and oxygen atoms in total. The molecule has 0 bridgehead atoms. The molecule has 1 unspecified atom stereocenters. The quantitative estimate of drug-likeness (QED) is 0.0261. The van der Waals surface area contributed by atoms with E-state index < -0.39 is 6.10 Å². The Morgan fingerprint density at radius 3 is 0.824 bits per heavy atom. The number of rotatable bonds is 53. The lowest BCUT2D eigenvalue weighted by molar-refractivity contribution is -0.167. The average Bonchev–Trinajstić information content (AvgIpc) is 3.40. The Morgan fingerprint density at radius 2 is 0.527 bits per heavy atom. The summed E-state index contributed by atoms with van der Waals surface area (Å²) < 4.78 is 16.8. The first-order valence-corrected chi connectivity index (χ1v) is 30.2. The highest BCUT2D eigenvalue weighted by atomic mass is 16.6. The number of hydrogen-bond acceptors (Lipinski definition) is 6. The second kappa shape index (κ2) is 61.1. The minimum atomic E-state index is -0.790. The summed E-state index contributed by atoms with van der Waals surface area (Å²) in [6.07, 6.45) is 86.2. The Bertz CT molecular complexity index is 1600. The molecule has 0 aliphatic carbocycles. The number of unbranched alkanes of at least 4 members (excludes halogenated alkanes) is 20. The number of carbonyl (C=O) groups is 3. The van der Waals surface area contributed by atoms with E-state index >= 15 is 0 Å². The Balaban J connectivity index is 4.21. The third-order valence-corrected chi connectivity index (χ3v) is 12.4. The van der Waals surface area contributed by atoms with Crippen molar-refractivity contribution in [3.63, 3.8) is 0 Å². The lowest BCUT2D eigenvalue weighted by Crippen LogP contribution is -2.30. The van der Waals surface area contributed by atoms with E-state index in [4.69, 9.17) is 14.2 Å². The number of esters is 3. The van der Waals surface area contributed by atoms with E-state index in [1.807, 2.05) is 0 Å². The molecule has 74 heavy (non-hydrogen) atoms. The zero-order valence-corrected chi connectivity index (χ0v) is 47.8. The molecule has 0 radical (unpaired) electrons. The van der Waals surface area contributed by atoms with Crippen LogP contribution in [-0.4, -0.2) is 37.2 Å². The van der Waals surface area contributed by atoms with Gasteiger partial charge in [-0.25, -0.2) is 0 Å². The van der Waals surface area contributed by atoms with Crippen molar-refractivity contribution in [2.75, 3.05) is 13.2 Å². The molecule has 0 heterocycles. The van der Waals surface area contributed by atoms with Gasteiger partial charge in [0.2, 0.25) is 0 Å². The van der Waals surface area contributed by atoms with Gasteiger partial charge < -0.3 is 14.2 Å². The minimum absolute atomic E-state index is 0.0893. The molecule has 418 valence electrons. The van der Waals surface area contributed by atoms with Crippen molar-refractivity contribution in [2.24, 2.45) is 0 Å². The summed E-state index contributed by atoms with van der Waals surface area (Å²) in [4.78, 5) is 38.0. The van der Waals surface area contributed by atoms with Crippen LogP contribution in [0.15, 0.2) is 134 Å². The Hall–Kier alpha value is -4.45. The Labute approximate surface area is 455 Å². The monoisotopic (exact) mass is 1020 g/mol. The van der Waals surface area contributed by atoms with E-state index in [9.17, 15) is 14.4 Å². The van der Waals surface area contributed by atoms with E-state index in [1.165, 1.54) is 70.6 Å². The molecule has 0 saturated carbocycles. The van der Waals surface area contributed by atoms with Crippen molar-refractivity contribution in [3.8, 4) is 0 Å². The van der Waals surface area contributed by atoms with Crippen LogP contribution in [0.25, 0.3) is 0 Å². The topological polar surface area (TPSA) is 78.9 Å². The van der Waals surface area contributed by atoms with Gasteiger partial charge in [-0.1, -0.05) is 257 Å². The smallest absolute Gasteiger partial charge is 0.306 e. The fraction of sp³-hybridized carbons (Fsp3) is 0.632. The van der Waals surface area contributed by atoms with Crippen LogP contribution >= 0.6 is 0 Å². The van der Waals surface area contributed by atoms with Crippen molar-refractivity contribution in [1.82, 2.24) is 0 Å². The zero-order chi connectivity index (χ0) is 53.6. The summed E-state index contributed by atoms with van der Waals surface area (Å²) in [6, 6.07) is 0. The van der Waals surface area contributed by atoms with Gasteiger partial charge in [-0.05, 0) is 116 Å². The molecule has 0 spiro atoms. The van der Waals surface area contributed by atoms with Gasteiger partial charge in [-0.3, -0.25) is 14.4 Å². The van der Waals surface area contributed by atoms with Crippen molar-refractivity contribution in [3.05, 3.63) is 134 Å². The van der Waals surface area contributed by atoms with E-state index in [0.29, 0.717) is 19.3 Å². The number of hydrogen-bond donors (Lipinski definition) is 0. The molecule has 0 fully saturated rings. The normalized spacial score (nSPS) is 13.1. The maximum Gasteiger partial charge on any atom is 0.306 e.